The third-order valence-corrected chi connectivity index (χ3v) is 1.82. The van der Waals surface area contributed by atoms with Crippen molar-refractivity contribution in [3.05, 3.63) is 59.8 Å². The summed E-state index contributed by atoms with van der Waals surface area (Å²) in [5, 5.41) is 0. The van der Waals surface area contributed by atoms with E-state index in [2.05, 4.69) is 6.58 Å². The van der Waals surface area contributed by atoms with Crippen LogP contribution in [0.5, 0.6) is 0 Å². The van der Waals surface area contributed by atoms with Crippen LogP contribution in [0.2, 0.25) is 0 Å². The van der Waals surface area contributed by atoms with Gasteiger partial charge in [0, 0.05) is 6.07 Å². The van der Waals surface area contributed by atoms with Gasteiger partial charge in [-0.25, -0.2) is 8.78 Å². The fraction of sp³-hybridized carbons (Fsp3) is 0.167. The Bertz CT molecular complexity index is 334. The molecule has 0 heterocycles. The zero-order valence-corrected chi connectivity index (χ0v) is 8.93. The molecule has 0 atom stereocenters. The Morgan fingerprint density at radius 2 is 1.87 bits per heavy atom. The standard InChI is InChI=1S/C8H8F2.C4H7N/c1-5-3-7(9)4-8(10)6(5)2;1-2-3-4-5/h3-4H,1-2H3;2-4H,1,5H2/b;4-3-. The van der Waals surface area contributed by atoms with E-state index in [-0.39, 0.29) is 0 Å². The van der Waals surface area contributed by atoms with Gasteiger partial charge in [-0.05, 0) is 43.3 Å². The number of aryl methyl sites for hydroxylation is 1. The van der Waals surface area contributed by atoms with Crippen molar-refractivity contribution in [2.24, 2.45) is 5.73 Å². The molecule has 2 N–H and O–H groups in total. The normalized spacial score (nSPS) is 9.60. The lowest BCUT2D eigenvalue weighted by atomic mass is 10.1. The topological polar surface area (TPSA) is 26.0 Å². The first-order valence-electron chi connectivity index (χ1n) is 4.44. The second kappa shape index (κ2) is 6.76. The van der Waals surface area contributed by atoms with E-state index >= 15 is 0 Å². The summed E-state index contributed by atoms with van der Waals surface area (Å²) in [6.45, 7) is 6.69. The van der Waals surface area contributed by atoms with Crippen LogP contribution in [-0.2, 0) is 0 Å². The first-order chi connectivity index (χ1) is 7.02. The molecule has 1 nitrogen and oxygen atoms in total. The van der Waals surface area contributed by atoms with E-state index in [4.69, 9.17) is 5.73 Å². The molecule has 0 aliphatic carbocycles. The van der Waals surface area contributed by atoms with E-state index < -0.39 is 11.6 Å². The number of hydrogen-bond acceptors (Lipinski definition) is 1. The monoisotopic (exact) mass is 211 g/mol. The molecule has 0 saturated heterocycles. The summed E-state index contributed by atoms with van der Waals surface area (Å²) in [7, 11) is 0. The molecule has 3 heteroatoms. The largest absolute Gasteiger partial charge is 0.405 e. The minimum absolute atomic E-state index is 0.475. The lowest BCUT2D eigenvalue weighted by Crippen LogP contribution is -1.88. The van der Waals surface area contributed by atoms with Crippen molar-refractivity contribution in [3.63, 3.8) is 0 Å². The molecule has 0 unspecified atom stereocenters. The van der Waals surface area contributed by atoms with E-state index in [0.29, 0.717) is 11.1 Å². The highest BCUT2D eigenvalue weighted by Crippen LogP contribution is 2.12. The first-order valence-corrected chi connectivity index (χ1v) is 4.44. The number of hydrogen-bond donors (Lipinski definition) is 1. The molecule has 0 spiro atoms. The summed E-state index contributed by atoms with van der Waals surface area (Å²) in [5.74, 6) is -0.988. The van der Waals surface area contributed by atoms with Crippen molar-refractivity contribution in [2.75, 3.05) is 0 Å². The Morgan fingerprint density at radius 1 is 1.27 bits per heavy atom. The minimum atomic E-state index is -0.513. The van der Waals surface area contributed by atoms with Crippen LogP contribution < -0.4 is 5.73 Å². The number of allylic oxidation sites excluding steroid dienone is 2. The fourth-order valence-electron chi connectivity index (χ4n) is 0.853. The zero-order chi connectivity index (χ0) is 11.8. The Labute approximate surface area is 88.9 Å². The molecule has 0 bridgehead atoms. The van der Waals surface area contributed by atoms with Crippen molar-refractivity contribution >= 4 is 0 Å². The van der Waals surface area contributed by atoms with E-state index in [0.717, 1.165) is 6.07 Å². The summed E-state index contributed by atoms with van der Waals surface area (Å²) in [6, 6.07) is 2.21. The van der Waals surface area contributed by atoms with Crippen LogP contribution in [0, 0.1) is 25.5 Å². The summed E-state index contributed by atoms with van der Waals surface area (Å²) in [5.41, 5.74) is 6.05. The summed E-state index contributed by atoms with van der Waals surface area (Å²) in [6.07, 6.45) is 4.73. The van der Waals surface area contributed by atoms with Gasteiger partial charge in [0.15, 0.2) is 0 Å². The maximum Gasteiger partial charge on any atom is 0.129 e. The quantitative estimate of drug-likeness (QED) is 0.709. The molecule has 82 valence electrons. The molecule has 0 fully saturated rings. The van der Waals surface area contributed by atoms with E-state index in [1.807, 2.05) is 0 Å². The van der Waals surface area contributed by atoms with Crippen LogP contribution >= 0.6 is 0 Å². The second-order valence-corrected chi connectivity index (χ2v) is 2.95. The van der Waals surface area contributed by atoms with Gasteiger partial charge in [0.2, 0.25) is 0 Å². The van der Waals surface area contributed by atoms with Crippen LogP contribution in [0.4, 0.5) is 8.78 Å². The van der Waals surface area contributed by atoms with Gasteiger partial charge >= 0.3 is 0 Å². The van der Waals surface area contributed by atoms with Crippen molar-refractivity contribution in [1.82, 2.24) is 0 Å². The number of halogens is 2. The zero-order valence-electron chi connectivity index (χ0n) is 8.93. The van der Waals surface area contributed by atoms with Gasteiger partial charge in [-0.1, -0.05) is 12.7 Å². The third-order valence-electron chi connectivity index (χ3n) is 1.82. The predicted molar refractivity (Wildman–Crippen MR) is 59.4 cm³/mol. The van der Waals surface area contributed by atoms with Crippen molar-refractivity contribution < 1.29 is 8.78 Å². The van der Waals surface area contributed by atoms with Crippen molar-refractivity contribution in [1.29, 1.82) is 0 Å². The number of nitrogens with two attached hydrogens (primary N) is 1. The third kappa shape index (κ3) is 4.96. The molecule has 0 aliphatic heterocycles. The predicted octanol–water partition coefficient (Wildman–Crippen LogP) is 3.23. The van der Waals surface area contributed by atoms with Gasteiger partial charge in [0.1, 0.15) is 11.6 Å². The second-order valence-electron chi connectivity index (χ2n) is 2.95. The first kappa shape index (κ1) is 13.4. The van der Waals surface area contributed by atoms with Crippen molar-refractivity contribution in [3.8, 4) is 0 Å². The van der Waals surface area contributed by atoms with Crippen LogP contribution in [0.25, 0.3) is 0 Å². The molecule has 0 aliphatic rings. The molecule has 1 aromatic rings. The van der Waals surface area contributed by atoms with Gasteiger partial charge in [-0.3, -0.25) is 0 Å². The van der Waals surface area contributed by atoms with Gasteiger partial charge in [-0.2, -0.15) is 0 Å². The number of rotatable bonds is 1. The molecule has 1 aromatic carbocycles. The average molecular weight is 211 g/mol. The molecule has 0 radical (unpaired) electrons. The lowest BCUT2D eigenvalue weighted by molar-refractivity contribution is 0.575. The summed E-state index contributed by atoms with van der Waals surface area (Å²) >= 11 is 0. The van der Waals surface area contributed by atoms with Crippen molar-refractivity contribution in [2.45, 2.75) is 13.8 Å². The van der Waals surface area contributed by atoms with E-state index in [1.165, 1.54) is 12.3 Å². The molecular weight excluding hydrogens is 196 g/mol. The van der Waals surface area contributed by atoms with Gasteiger partial charge in [0.05, 0.1) is 0 Å². The minimum Gasteiger partial charge on any atom is -0.405 e. The Hall–Kier alpha value is -1.64. The molecule has 0 aromatic heterocycles. The summed E-state index contributed by atoms with van der Waals surface area (Å²) in [4.78, 5) is 0. The van der Waals surface area contributed by atoms with Crippen LogP contribution in [-0.4, -0.2) is 0 Å². The molecule has 0 saturated carbocycles. The van der Waals surface area contributed by atoms with Gasteiger partial charge in [0.25, 0.3) is 0 Å². The average Bonchev–Trinajstić information content (AvgIpc) is 2.16. The molecule has 15 heavy (non-hydrogen) atoms. The Kier molecular flexibility index (Phi) is 6.02. The van der Waals surface area contributed by atoms with Crippen LogP contribution in [0.1, 0.15) is 11.1 Å². The Morgan fingerprint density at radius 3 is 2.20 bits per heavy atom. The Balaban J connectivity index is 0.000000336. The molecule has 0 amide bonds. The van der Waals surface area contributed by atoms with Crippen LogP contribution in [0.15, 0.2) is 37.1 Å². The lowest BCUT2D eigenvalue weighted by Gasteiger charge is -1.99. The molecular formula is C12H15F2N. The maximum atomic E-state index is 12.6. The highest BCUT2D eigenvalue weighted by molar-refractivity contribution is 5.26. The maximum absolute atomic E-state index is 12.6. The number of benzene rings is 1. The van der Waals surface area contributed by atoms with Crippen LogP contribution in [0.3, 0.4) is 0 Å². The van der Waals surface area contributed by atoms with Gasteiger partial charge in [-0.15, -0.1) is 0 Å². The van der Waals surface area contributed by atoms with E-state index in [1.54, 1.807) is 26.0 Å². The SMILES string of the molecule is C=C/C=C\N.Cc1cc(F)cc(F)c1C. The van der Waals surface area contributed by atoms with E-state index in [9.17, 15) is 8.78 Å². The van der Waals surface area contributed by atoms with Gasteiger partial charge < -0.3 is 5.73 Å². The highest BCUT2D eigenvalue weighted by Gasteiger charge is 2.01. The smallest absolute Gasteiger partial charge is 0.129 e. The fourth-order valence-corrected chi connectivity index (χ4v) is 0.853. The summed E-state index contributed by atoms with van der Waals surface area (Å²) < 4.78 is 25.0. The molecule has 1 rings (SSSR count). The highest BCUT2D eigenvalue weighted by atomic mass is 19.1.